The lowest BCUT2D eigenvalue weighted by atomic mass is 10.1. The molecule has 7 heteroatoms. The third kappa shape index (κ3) is 4.50. The summed E-state index contributed by atoms with van der Waals surface area (Å²) in [6.45, 7) is 2.59. The molecule has 128 valence electrons. The number of H-pyrrole nitrogens is 1. The van der Waals surface area contributed by atoms with Crippen LogP contribution in [0.5, 0.6) is 0 Å². The van der Waals surface area contributed by atoms with Gasteiger partial charge in [0.05, 0.1) is 5.75 Å². The van der Waals surface area contributed by atoms with Crippen LogP contribution in [0.2, 0.25) is 0 Å². The van der Waals surface area contributed by atoms with E-state index < -0.39 is 0 Å². The Morgan fingerprint density at radius 2 is 2.17 bits per heavy atom. The zero-order valence-corrected chi connectivity index (χ0v) is 14.5. The summed E-state index contributed by atoms with van der Waals surface area (Å²) in [7, 11) is 0. The lowest BCUT2D eigenvalue weighted by Crippen LogP contribution is -2.35. The first kappa shape index (κ1) is 16.8. The number of amides is 1. The van der Waals surface area contributed by atoms with Crippen LogP contribution in [0.4, 0.5) is 0 Å². The van der Waals surface area contributed by atoms with Crippen LogP contribution < -0.4 is 11.0 Å². The average Bonchev–Trinajstić information content (AvgIpc) is 3.37. The van der Waals surface area contributed by atoms with Crippen LogP contribution in [-0.4, -0.2) is 32.5 Å². The van der Waals surface area contributed by atoms with Crippen molar-refractivity contribution in [1.29, 1.82) is 0 Å². The Morgan fingerprint density at radius 1 is 1.42 bits per heavy atom. The summed E-state index contributed by atoms with van der Waals surface area (Å²) in [6, 6.07) is 10.2. The number of aromatic nitrogens is 3. The topological polar surface area (TPSA) is 79.8 Å². The van der Waals surface area contributed by atoms with Crippen LogP contribution >= 0.6 is 11.8 Å². The predicted molar refractivity (Wildman–Crippen MR) is 94.0 cm³/mol. The number of hydrogen-bond donors (Lipinski definition) is 2. The Bertz CT molecular complexity index is 737. The largest absolute Gasteiger partial charge is 0.353 e. The van der Waals surface area contributed by atoms with Gasteiger partial charge in [-0.15, -0.1) is 5.10 Å². The first-order chi connectivity index (χ1) is 11.6. The molecule has 1 aliphatic rings. The Hall–Kier alpha value is -2.02. The fourth-order valence-electron chi connectivity index (χ4n) is 2.64. The van der Waals surface area contributed by atoms with Crippen molar-refractivity contribution in [1.82, 2.24) is 20.1 Å². The van der Waals surface area contributed by atoms with Crippen molar-refractivity contribution >= 4 is 17.7 Å². The number of thioether (sulfide) groups is 1. The number of aryl methyl sites for hydroxylation is 1. The Balaban J connectivity index is 1.54. The van der Waals surface area contributed by atoms with Crippen LogP contribution in [0.25, 0.3) is 0 Å². The molecule has 2 aromatic rings. The van der Waals surface area contributed by atoms with Gasteiger partial charge >= 0.3 is 5.69 Å². The molecule has 0 radical (unpaired) electrons. The minimum absolute atomic E-state index is 0.00976. The summed E-state index contributed by atoms with van der Waals surface area (Å²) in [5.74, 6) is 0.894. The molecule has 0 bridgehead atoms. The third-order valence-electron chi connectivity index (χ3n) is 4.24. The second-order valence-electron chi connectivity index (χ2n) is 6.18. The van der Waals surface area contributed by atoms with E-state index >= 15 is 0 Å². The van der Waals surface area contributed by atoms with Crippen molar-refractivity contribution in [2.75, 3.05) is 5.75 Å². The summed E-state index contributed by atoms with van der Waals surface area (Å²) in [4.78, 5) is 23.9. The normalized spacial score (nSPS) is 15.2. The SMILES string of the molecule is C[C@@H](NC(=O)CSc1n[nH]c(=O)n1CCc1ccccc1)C1CC1. The van der Waals surface area contributed by atoms with Crippen LogP contribution in [0.1, 0.15) is 25.3 Å². The molecule has 3 rings (SSSR count). The van der Waals surface area contributed by atoms with Gasteiger partial charge in [0.15, 0.2) is 5.16 Å². The van der Waals surface area contributed by atoms with Crippen molar-refractivity contribution < 1.29 is 4.79 Å². The van der Waals surface area contributed by atoms with E-state index in [1.807, 2.05) is 37.3 Å². The van der Waals surface area contributed by atoms with Crippen LogP contribution in [0.15, 0.2) is 40.3 Å². The van der Waals surface area contributed by atoms with Gasteiger partial charge in [-0.25, -0.2) is 9.89 Å². The summed E-state index contributed by atoms with van der Waals surface area (Å²) >= 11 is 1.29. The van der Waals surface area contributed by atoms with Gasteiger partial charge in [-0.3, -0.25) is 9.36 Å². The number of aromatic amines is 1. The van der Waals surface area contributed by atoms with E-state index in [1.165, 1.54) is 24.6 Å². The lowest BCUT2D eigenvalue weighted by Gasteiger charge is -2.12. The molecule has 1 amide bonds. The highest BCUT2D eigenvalue weighted by Gasteiger charge is 2.28. The summed E-state index contributed by atoms with van der Waals surface area (Å²) in [6.07, 6.45) is 3.15. The van der Waals surface area contributed by atoms with Crippen LogP contribution in [0, 0.1) is 5.92 Å². The Kier molecular flexibility index (Phi) is 5.40. The molecule has 0 unspecified atom stereocenters. The zero-order valence-electron chi connectivity index (χ0n) is 13.7. The Labute approximate surface area is 145 Å². The number of benzene rings is 1. The minimum Gasteiger partial charge on any atom is -0.353 e. The van der Waals surface area contributed by atoms with Gasteiger partial charge in [-0.2, -0.15) is 0 Å². The van der Waals surface area contributed by atoms with Gasteiger partial charge in [-0.05, 0) is 37.7 Å². The van der Waals surface area contributed by atoms with E-state index in [4.69, 9.17) is 0 Å². The predicted octanol–water partition coefficient (Wildman–Crippen LogP) is 1.82. The van der Waals surface area contributed by atoms with Gasteiger partial charge < -0.3 is 5.32 Å². The maximum absolute atomic E-state index is 12.0. The molecule has 1 heterocycles. The molecule has 1 saturated carbocycles. The molecule has 1 atom stereocenters. The van der Waals surface area contributed by atoms with Crippen molar-refractivity contribution in [2.24, 2.45) is 5.92 Å². The highest BCUT2D eigenvalue weighted by atomic mass is 32.2. The number of nitrogens with zero attached hydrogens (tertiary/aromatic N) is 2. The standard InChI is InChI=1S/C17H22N4O2S/c1-12(14-7-8-14)18-15(22)11-24-17-20-19-16(23)21(17)10-9-13-5-3-2-4-6-13/h2-6,12,14H,7-11H2,1H3,(H,18,22)(H,19,23)/t12-/m1/s1. The maximum atomic E-state index is 12.0. The van der Waals surface area contributed by atoms with Crippen molar-refractivity contribution in [3.05, 3.63) is 46.4 Å². The molecular weight excluding hydrogens is 324 g/mol. The quantitative estimate of drug-likeness (QED) is 0.715. The van der Waals surface area contributed by atoms with Gasteiger partial charge in [0.25, 0.3) is 0 Å². The van der Waals surface area contributed by atoms with Gasteiger partial charge in [-0.1, -0.05) is 42.1 Å². The van der Waals surface area contributed by atoms with Crippen LogP contribution in [-0.2, 0) is 17.8 Å². The Morgan fingerprint density at radius 3 is 2.88 bits per heavy atom. The molecule has 1 aliphatic carbocycles. The molecule has 1 aromatic heterocycles. The zero-order chi connectivity index (χ0) is 16.9. The highest BCUT2D eigenvalue weighted by Crippen LogP contribution is 2.32. The third-order valence-corrected chi connectivity index (χ3v) is 5.22. The minimum atomic E-state index is -0.236. The molecule has 24 heavy (non-hydrogen) atoms. The summed E-state index contributed by atoms with van der Waals surface area (Å²) < 4.78 is 1.59. The van der Waals surface area contributed by atoms with E-state index in [2.05, 4.69) is 15.5 Å². The molecule has 0 saturated heterocycles. The van der Waals surface area contributed by atoms with E-state index in [0.29, 0.717) is 17.6 Å². The summed E-state index contributed by atoms with van der Waals surface area (Å²) in [5, 5.41) is 10.1. The molecule has 1 fully saturated rings. The maximum Gasteiger partial charge on any atom is 0.343 e. The monoisotopic (exact) mass is 346 g/mol. The fraction of sp³-hybridized carbons (Fsp3) is 0.471. The number of nitrogens with one attached hydrogen (secondary N) is 2. The number of hydrogen-bond acceptors (Lipinski definition) is 4. The number of carbonyl (C=O) groups is 1. The molecule has 2 N–H and O–H groups in total. The van der Waals surface area contributed by atoms with Gasteiger partial charge in [0, 0.05) is 12.6 Å². The number of carbonyl (C=O) groups excluding carboxylic acids is 1. The van der Waals surface area contributed by atoms with E-state index in [0.717, 1.165) is 12.0 Å². The second-order valence-corrected chi connectivity index (χ2v) is 7.12. The first-order valence-corrected chi connectivity index (χ1v) is 9.23. The first-order valence-electron chi connectivity index (χ1n) is 8.25. The lowest BCUT2D eigenvalue weighted by molar-refractivity contribution is -0.119. The fourth-order valence-corrected chi connectivity index (χ4v) is 3.42. The van der Waals surface area contributed by atoms with Crippen molar-refractivity contribution in [2.45, 2.75) is 43.9 Å². The molecule has 0 aliphatic heterocycles. The average molecular weight is 346 g/mol. The van der Waals surface area contributed by atoms with Crippen LogP contribution in [0.3, 0.4) is 0 Å². The smallest absolute Gasteiger partial charge is 0.343 e. The van der Waals surface area contributed by atoms with E-state index in [-0.39, 0.29) is 23.4 Å². The molecule has 0 spiro atoms. The van der Waals surface area contributed by atoms with E-state index in [1.54, 1.807) is 4.57 Å². The van der Waals surface area contributed by atoms with Crippen molar-refractivity contribution in [3.63, 3.8) is 0 Å². The second kappa shape index (κ2) is 7.70. The summed E-state index contributed by atoms with van der Waals surface area (Å²) in [5.41, 5.74) is 0.928. The van der Waals surface area contributed by atoms with Gasteiger partial charge in [0.1, 0.15) is 0 Å². The molecule has 1 aromatic carbocycles. The molecular formula is C17H22N4O2S. The van der Waals surface area contributed by atoms with Crippen molar-refractivity contribution in [3.8, 4) is 0 Å². The highest BCUT2D eigenvalue weighted by molar-refractivity contribution is 7.99. The van der Waals surface area contributed by atoms with Gasteiger partial charge in [0.2, 0.25) is 5.91 Å². The molecule has 6 nitrogen and oxygen atoms in total. The number of rotatable bonds is 8. The van der Waals surface area contributed by atoms with E-state index in [9.17, 15) is 9.59 Å².